The molecule has 0 spiro atoms. The van der Waals surface area contributed by atoms with E-state index in [-0.39, 0.29) is 4.90 Å². The Balaban J connectivity index is 1.55. The van der Waals surface area contributed by atoms with E-state index < -0.39 is 10.0 Å². The second-order valence-electron chi connectivity index (χ2n) is 7.20. The number of hydrogen-bond acceptors (Lipinski definition) is 7. The van der Waals surface area contributed by atoms with E-state index in [0.717, 1.165) is 21.3 Å². The minimum Gasteiger partial charge on any atom is -0.379 e. The van der Waals surface area contributed by atoms with Gasteiger partial charge < -0.3 is 10.1 Å². The van der Waals surface area contributed by atoms with E-state index in [4.69, 9.17) is 16.3 Å². The van der Waals surface area contributed by atoms with Gasteiger partial charge in [-0.3, -0.25) is 0 Å². The van der Waals surface area contributed by atoms with E-state index in [1.807, 2.05) is 35.7 Å². The number of aromatic nitrogens is 2. The highest BCUT2D eigenvalue weighted by atomic mass is 35.5. The molecule has 5 rings (SSSR count). The third kappa shape index (κ3) is 3.98. The van der Waals surface area contributed by atoms with E-state index in [1.54, 1.807) is 12.1 Å². The van der Waals surface area contributed by atoms with Crippen LogP contribution in [0.25, 0.3) is 21.3 Å². The van der Waals surface area contributed by atoms with E-state index in [2.05, 4.69) is 15.3 Å². The normalized spacial score (nSPS) is 15.2. The third-order valence-electron chi connectivity index (χ3n) is 5.25. The molecule has 3 heterocycles. The van der Waals surface area contributed by atoms with Crippen LogP contribution >= 0.6 is 22.9 Å². The molecule has 0 unspecified atom stereocenters. The van der Waals surface area contributed by atoms with Crippen molar-refractivity contribution in [3.63, 3.8) is 0 Å². The van der Waals surface area contributed by atoms with Crippen LogP contribution in [-0.2, 0) is 14.8 Å². The van der Waals surface area contributed by atoms with Crippen LogP contribution in [0, 0.1) is 0 Å². The summed E-state index contributed by atoms with van der Waals surface area (Å²) in [5, 5.41) is 6.54. The fraction of sp³-hybridized carbons (Fsp3) is 0.182. The van der Waals surface area contributed by atoms with Crippen molar-refractivity contribution in [1.82, 2.24) is 14.3 Å². The molecule has 0 radical (unpaired) electrons. The van der Waals surface area contributed by atoms with Crippen LogP contribution < -0.4 is 5.32 Å². The molecule has 1 aliphatic heterocycles. The minimum absolute atomic E-state index is 0.171. The fourth-order valence-electron chi connectivity index (χ4n) is 3.62. The summed E-state index contributed by atoms with van der Waals surface area (Å²) < 4.78 is 32.9. The summed E-state index contributed by atoms with van der Waals surface area (Å²) >= 11 is 7.96. The van der Waals surface area contributed by atoms with Gasteiger partial charge in [0.2, 0.25) is 10.0 Å². The second kappa shape index (κ2) is 8.76. The predicted molar refractivity (Wildman–Crippen MR) is 127 cm³/mol. The lowest BCUT2D eigenvalue weighted by atomic mass is 10.1. The quantitative estimate of drug-likeness (QED) is 0.437. The zero-order valence-electron chi connectivity index (χ0n) is 16.9. The SMILES string of the molecule is O=S(=O)(c1ccc(Cl)c(Nc2ncnc3scc(-c4ccccc4)c23)c1)N1CCOCC1. The fourth-order valence-corrected chi connectivity index (χ4v) is 6.14. The maximum Gasteiger partial charge on any atom is 0.243 e. The number of nitrogens with zero attached hydrogens (tertiary/aromatic N) is 3. The Kier molecular flexibility index (Phi) is 5.83. The number of ether oxygens (including phenoxy) is 1. The highest BCUT2D eigenvalue weighted by Crippen LogP contribution is 2.38. The first-order chi connectivity index (χ1) is 15.5. The van der Waals surface area contributed by atoms with Crippen molar-refractivity contribution < 1.29 is 13.2 Å². The minimum atomic E-state index is -3.65. The third-order valence-corrected chi connectivity index (χ3v) is 8.36. The number of rotatable bonds is 5. The van der Waals surface area contributed by atoms with Crippen LogP contribution in [0.15, 0.2) is 65.1 Å². The monoisotopic (exact) mass is 486 g/mol. The molecule has 0 bridgehead atoms. The van der Waals surface area contributed by atoms with Gasteiger partial charge in [-0.05, 0) is 23.8 Å². The Morgan fingerprint density at radius 1 is 1.06 bits per heavy atom. The van der Waals surface area contributed by atoms with E-state index in [9.17, 15) is 8.42 Å². The Morgan fingerprint density at radius 2 is 1.84 bits per heavy atom. The van der Waals surface area contributed by atoms with Gasteiger partial charge in [0.1, 0.15) is 17.0 Å². The summed E-state index contributed by atoms with van der Waals surface area (Å²) in [7, 11) is -3.65. The lowest BCUT2D eigenvalue weighted by Crippen LogP contribution is -2.40. The molecule has 1 saturated heterocycles. The number of thiophene rings is 1. The number of hydrogen-bond donors (Lipinski definition) is 1. The molecule has 2 aromatic carbocycles. The largest absolute Gasteiger partial charge is 0.379 e. The van der Waals surface area contributed by atoms with Crippen molar-refractivity contribution in [2.24, 2.45) is 0 Å². The number of morpholine rings is 1. The summed E-state index contributed by atoms with van der Waals surface area (Å²) in [5.41, 5.74) is 2.51. The first-order valence-corrected chi connectivity index (χ1v) is 12.7. The van der Waals surface area contributed by atoms with Gasteiger partial charge >= 0.3 is 0 Å². The van der Waals surface area contributed by atoms with Crippen molar-refractivity contribution in [3.05, 3.63) is 65.3 Å². The first kappa shape index (κ1) is 21.3. The van der Waals surface area contributed by atoms with Gasteiger partial charge in [-0.1, -0.05) is 41.9 Å². The van der Waals surface area contributed by atoms with Crippen molar-refractivity contribution in [2.45, 2.75) is 4.90 Å². The number of fused-ring (bicyclic) bond motifs is 1. The van der Waals surface area contributed by atoms with Crippen molar-refractivity contribution in [3.8, 4) is 11.1 Å². The molecule has 7 nitrogen and oxygen atoms in total. The molecule has 0 saturated carbocycles. The van der Waals surface area contributed by atoms with Gasteiger partial charge in [0.15, 0.2) is 0 Å². The number of anilines is 2. The molecule has 1 N–H and O–H groups in total. The summed E-state index contributed by atoms with van der Waals surface area (Å²) in [6.07, 6.45) is 1.48. The molecule has 0 aliphatic carbocycles. The Bertz CT molecular complexity index is 1370. The van der Waals surface area contributed by atoms with Crippen LogP contribution in [0.2, 0.25) is 5.02 Å². The predicted octanol–water partition coefficient (Wildman–Crippen LogP) is 4.78. The van der Waals surface area contributed by atoms with E-state index in [1.165, 1.54) is 28.0 Å². The average Bonchev–Trinajstić information content (AvgIpc) is 3.27. The molecular weight excluding hydrogens is 468 g/mol. The highest BCUT2D eigenvalue weighted by Gasteiger charge is 2.27. The first-order valence-electron chi connectivity index (χ1n) is 9.96. The Hall–Kier alpha value is -2.56. The molecule has 32 heavy (non-hydrogen) atoms. The van der Waals surface area contributed by atoms with Crippen molar-refractivity contribution >= 4 is 54.7 Å². The number of sulfonamides is 1. The van der Waals surface area contributed by atoms with Gasteiger partial charge in [0.05, 0.1) is 34.2 Å². The maximum atomic E-state index is 13.1. The average molecular weight is 487 g/mol. The lowest BCUT2D eigenvalue weighted by molar-refractivity contribution is 0.0730. The topological polar surface area (TPSA) is 84.4 Å². The molecule has 1 fully saturated rings. The Labute approximate surface area is 194 Å². The smallest absolute Gasteiger partial charge is 0.243 e. The highest BCUT2D eigenvalue weighted by molar-refractivity contribution is 7.89. The van der Waals surface area contributed by atoms with Crippen LogP contribution in [0.1, 0.15) is 0 Å². The summed E-state index contributed by atoms with van der Waals surface area (Å²) in [5.74, 6) is 0.568. The summed E-state index contributed by atoms with van der Waals surface area (Å²) in [6.45, 7) is 1.43. The second-order valence-corrected chi connectivity index (χ2v) is 10.4. The van der Waals surface area contributed by atoms with Crippen LogP contribution in [0.4, 0.5) is 11.5 Å². The van der Waals surface area contributed by atoms with Gasteiger partial charge in [-0.2, -0.15) is 4.31 Å². The standard InChI is InChI=1S/C22H19ClN4O3S2/c23-18-7-6-16(32(28,29)27-8-10-30-11-9-27)12-19(18)26-21-20-17(15-4-2-1-3-5-15)13-31-22(20)25-14-24-21/h1-7,12-14H,8-11H2,(H,24,25,26). The lowest BCUT2D eigenvalue weighted by Gasteiger charge is -2.26. The van der Waals surface area contributed by atoms with Gasteiger partial charge in [0, 0.05) is 24.0 Å². The molecule has 10 heteroatoms. The molecular formula is C22H19ClN4O3S2. The number of nitrogens with one attached hydrogen (secondary N) is 1. The number of benzene rings is 2. The van der Waals surface area contributed by atoms with Gasteiger partial charge in [-0.15, -0.1) is 11.3 Å². The molecule has 4 aromatic rings. The van der Waals surface area contributed by atoms with E-state index >= 15 is 0 Å². The molecule has 0 amide bonds. The van der Waals surface area contributed by atoms with Crippen LogP contribution in [0.5, 0.6) is 0 Å². The van der Waals surface area contributed by atoms with Crippen molar-refractivity contribution in [1.29, 1.82) is 0 Å². The molecule has 1 aliphatic rings. The molecule has 2 aromatic heterocycles. The Morgan fingerprint density at radius 3 is 2.62 bits per heavy atom. The van der Waals surface area contributed by atoms with E-state index in [0.29, 0.717) is 42.8 Å². The number of halogens is 1. The molecule has 164 valence electrons. The maximum absolute atomic E-state index is 13.1. The van der Waals surface area contributed by atoms with Crippen LogP contribution in [0.3, 0.4) is 0 Å². The summed E-state index contributed by atoms with van der Waals surface area (Å²) in [4.78, 5) is 9.82. The van der Waals surface area contributed by atoms with Gasteiger partial charge in [0.25, 0.3) is 0 Å². The van der Waals surface area contributed by atoms with Crippen molar-refractivity contribution in [2.75, 3.05) is 31.6 Å². The van der Waals surface area contributed by atoms with Gasteiger partial charge in [-0.25, -0.2) is 18.4 Å². The zero-order chi connectivity index (χ0) is 22.1. The zero-order valence-corrected chi connectivity index (χ0v) is 19.3. The van der Waals surface area contributed by atoms with Crippen LogP contribution in [-0.4, -0.2) is 49.0 Å². The molecule has 0 atom stereocenters. The summed E-state index contributed by atoms with van der Waals surface area (Å²) in [6, 6.07) is 14.6.